The molecule has 0 aromatic heterocycles. The van der Waals surface area contributed by atoms with Crippen LogP contribution in [-0.4, -0.2) is 57.4 Å². The number of benzene rings is 1. The fraction of sp³-hybridized carbons (Fsp3) is 0.524. The van der Waals surface area contributed by atoms with Crippen molar-refractivity contribution in [3.63, 3.8) is 0 Å². The van der Waals surface area contributed by atoms with E-state index in [1.165, 1.54) is 9.13 Å². The molecule has 0 saturated heterocycles. The van der Waals surface area contributed by atoms with Crippen LogP contribution in [0.1, 0.15) is 50.5 Å². The first-order valence-electron chi connectivity index (χ1n) is 10.4. The number of carboxylic acids is 3. The van der Waals surface area contributed by atoms with Crippen molar-refractivity contribution in [2.24, 2.45) is 17.2 Å². The first-order valence-corrected chi connectivity index (χ1v) is 11.5. The third-order valence-corrected chi connectivity index (χ3v) is 5.23. The SMILES string of the molecule is NC(=O)CCCc1ccc(I)cc1.NC(CCC[C@H](N)C(=O)O)N[C@@H](CCC(=O)O)C(=O)O. The van der Waals surface area contributed by atoms with Gasteiger partial charge >= 0.3 is 17.9 Å². The molecule has 0 saturated carbocycles. The standard InChI is InChI=1S/C11H21N3O6.C10H12INO/c12-6(10(17)18)2-1-3-8(13)14-7(11(19)20)4-5-9(15)16;11-9-6-4-8(5-7-9)2-1-3-10(12)13/h6-8,14H,1-5,12-13H2,(H,15,16)(H,17,18)(H,19,20);4-7H,1-3H2,(H2,12,13)/t6-,7-,8?;/m0./s1. The average molecular weight is 580 g/mol. The first kappa shape index (κ1) is 30.7. The van der Waals surface area contributed by atoms with E-state index in [9.17, 15) is 19.2 Å². The molecule has 33 heavy (non-hydrogen) atoms. The molecule has 10 N–H and O–H groups in total. The number of carbonyl (C=O) groups excluding carboxylic acids is 1. The summed E-state index contributed by atoms with van der Waals surface area (Å²) in [5, 5.41) is 28.6. The van der Waals surface area contributed by atoms with Gasteiger partial charge < -0.3 is 32.5 Å². The predicted molar refractivity (Wildman–Crippen MR) is 130 cm³/mol. The summed E-state index contributed by atoms with van der Waals surface area (Å²) in [6, 6.07) is 6.30. The lowest BCUT2D eigenvalue weighted by atomic mass is 10.1. The van der Waals surface area contributed by atoms with Crippen LogP contribution in [0.3, 0.4) is 0 Å². The van der Waals surface area contributed by atoms with Crippen molar-refractivity contribution in [1.82, 2.24) is 5.32 Å². The van der Waals surface area contributed by atoms with E-state index >= 15 is 0 Å². The molecule has 0 bridgehead atoms. The second kappa shape index (κ2) is 17.2. The van der Waals surface area contributed by atoms with Crippen LogP contribution in [0.25, 0.3) is 0 Å². The lowest BCUT2D eigenvalue weighted by Crippen LogP contribution is -2.48. The van der Waals surface area contributed by atoms with Gasteiger partial charge in [0, 0.05) is 16.4 Å². The predicted octanol–water partition coefficient (Wildman–Crippen LogP) is 0.860. The van der Waals surface area contributed by atoms with Crippen LogP contribution < -0.4 is 22.5 Å². The van der Waals surface area contributed by atoms with Crippen LogP contribution in [0, 0.1) is 3.57 Å². The number of nitrogens with two attached hydrogens (primary N) is 3. The normalized spacial score (nSPS) is 13.2. The molecule has 1 amide bonds. The number of primary amides is 1. The highest BCUT2D eigenvalue weighted by Gasteiger charge is 2.21. The molecular formula is C21H33IN4O7. The van der Waals surface area contributed by atoms with Crippen molar-refractivity contribution in [2.75, 3.05) is 0 Å². The molecule has 0 fully saturated rings. The van der Waals surface area contributed by atoms with E-state index in [1.54, 1.807) is 0 Å². The monoisotopic (exact) mass is 580 g/mol. The largest absolute Gasteiger partial charge is 0.481 e. The highest BCUT2D eigenvalue weighted by atomic mass is 127. The van der Waals surface area contributed by atoms with E-state index in [-0.39, 0.29) is 25.2 Å². The van der Waals surface area contributed by atoms with Gasteiger partial charge in [0.25, 0.3) is 0 Å². The number of aliphatic carboxylic acids is 3. The summed E-state index contributed by atoms with van der Waals surface area (Å²) in [7, 11) is 0. The van der Waals surface area contributed by atoms with E-state index in [0.29, 0.717) is 19.3 Å². The molecule has 0 aliphatic carbocycles. The van der Waals surface area contributed by atoms with Gasteiger partial charge in [-0.25, -0.2) is 0 Å². The van der Waals surface area contributed by atoms with Gasteiger partial charge in [0.05, 0.1) is 6.17 Å². The van der Waals surface area contributed by atoms with E-state index in [2.05, 4.69) is 52.2 Å². The topological polar surface area (TPSA) is 219 Å². The van der Waals surface area contributed by atoms with Crippen molar-refractivity contribution >= 4 is 46.4 Å². The summed E-state index contributed by atoms with van der Waals surface area (Å²) >= 11 is 2.27. The molecule has 11 nitrogen and oxygen atoms in total. The fourth-order valence-electron chi connectivity index (χ4n) is 2.69. The molecule has 0 aliphatic heterocycles. The van der Waals surface area contributed by atoms with Crippen molar-refractivity contribution in [3.05, 3.63) is 33.4 Å². The third-order valence-electron chi connectivity index (χ3n) is 4.51. The molecule has 0 spiro atoms. The van der Waals surface area contributed by atoms with Gasteiger partial charge in [0.1, 0.15) is 12.1 Å². The molecule has 12 heteroatoms. The van der Waals surface area contributed by atoms with Crippen molar-refractivity contribution in [3.8, 4) is 0 Å². The van der Waals surface area contributed by atoms with E-state index in [4.69, 9.17) is 32.5 Å². The van der Waals surface area contributed by atoms with Crippen molar-refractivity contribution in [2.45, 2.75) is 69.6 Å². The Kier molecular flexibility index (Phi) is 16.0. The summed E-state index contributed by atoms with van der Waals surface area (Å²) in [5.74, 6) is -3.58. The zero-order chi connectivity index (χ0) is 25.4. The number of hydrogen-bond donors (Lipinski definition) is 7. The van der Waals surface area contributed by atoms with Crippen LogP contribution >= 0.6 is 22.6 Å². The molecule has 0 aliphatic rings. The van der Waals surface area contributed by atoms with Gasteiger partial charge in [-0.2, -0.15) is 0 Å². The van der Waals surface area contributed by atoms with E-state index in [1.807, 2.05) is 0 Å². The number of amides is 1. The van der Waals surface area contributed by atoms with Crippen molar-refractivity contribution in [1.29, 1.82) is 0 Å². The van der Waals surface area contributed by atoms with Crippen LogP contribution in [0.2, 0.25) is 0 Å². The molecule has 1 rings (SSSR count). The zero-order valence-corrected chi connectivity index (χ0v) is 20.4. The Labute approximate surface area is 206 Å². The van der Waals surface area contributed by atoms with E-state index in [0.717, 1.165) is 12.8 Å². The minimum atomic E-state index is -1.18. The number of nitrogens with one attached hydrogen (secondary N) is 1. The van der Waals surface area contributed by atoms with Crippen LogP contribution in [0.15, 0.2) is 24.3 Å². The quantitative estimate of drug-likeness (QED) is 0.115. The van der Waals surface area contributed by atoms with Crippen LogP contribution in [0.4, 0.5) is 0 Å². The van der Waals surface area contributed by atoms with Gasteiger partial charge in [-0.3, -0.25) is 24.5 Å². The number of carboxylic acid groups (broad SMARTS) is 3. The van der Waals surface area contributed by atoms with Gasteiger partial charge in [0.2, 0.25) is 5.91 Å². The second-order valence-corrected chi connectivity index (χ2v) is 8.66. The number of aryl methyl sites for hydroxylation is 1. The Morgan fingerprint density at radius 3 is 1.97 bits per heavy atom. The minimum absolute atomic E-state index is 0.0764. The lowest BCUT2D eigenvalue weighted by molar-refractivity contribution is -0.141. The maximum atomic E-state index is 10.9. The summed E-state index contributed by atoms with van der Waals surface area (Å²) in [4.78, 5) is 42.3. The molecular weight excluding hydrogens is 547 g/mol. The van der Waals surface area contributed by atoms with E-state index < -0.39 is 36.2 Å². The molecule has 0 heterocycles. The Balaban J connectivity index is 0.000000676. The zero-order valence-electron chi connectivity index (χ0n) is 18.3. The Morgan fingerprint density at radius 1 is 0.879 bits per heavy atom. The van der Waals surface area contributed by atoms with Crippen molar-refractivity contribution < 1.29 is 34.5 Å². The van der Waals surface area contributed by atoms with Gasteiger partial charge in [0.15, 0.2) is 0 Å². The third kappa shape index (κ3) is 16.9. The minimum Gasteiger partial charge on any atom is -0.481 e. The molecule has 1 unspecified atom stereocenters. The molecule has 3 atom stereocenters. The molecule has 186 valence electrons. The summed E-state index contributed by atoms with van der Waals surface area (Å²) in [6.07, 6.45) is 2.24. The summed E-state index contributed by atoms with van der Waals surface area (Å²) in [6.45, 7) is 0. The number of hydrogen-bond acceptors (Lipinski definition) is 7. The lowest BCUT2D eigenvalue weighted by Gasteiger charge is -2.19. The molecule has 0 radical (unpaired) electrons. The smallest absolute Gasteiger partial charge is 0.320 e. The fourth-order valence-corrected chi connectivity index (χ4v) is 3.05. The Bertz CT molecular complexity index is 761. The Morgan fingerprint density at radius 2 is 1.48 bits per heavy atom. The number of halogens is 1. The number of carbonyl (C=O) groups is 4. The molecule has 1 aromatic carbocycles. The van der Waals surface area contributed by atoms with Crippen LogP contribution in [-0.2, 0) is 25.6 Å². The Hall–Kier alpha value is -2.29. The summed E-state index contributed by atoms with van der Waals surface area (Å²) < 4.78 is 1.23. The maximum Gasteiger partial charge on any atom is 0.320 e. The summed E-state index contributed by atoms with van der Waals surface area (Å²) in [5.41, 5.74) is 17.3. The average Bonchev–Trinajstić information content (AvgIpc) is 2.72. The maximum absolute atomic E-state index is 10.9. The highest BCUT2D eigenvalue weighted by Crippen LogP contribution is 2.09. The number of rotatable bonds is 15. The second-order valence-electron chi connectivity index (χ2n) is 7.42. The highest BCUT2D eigenvalue weighted by molar-refractivity contribution is 14.1. The molecule has 1 aromatic rings. The van der Waals surface area contributed by atoms with Gasteiger partial charge in [-0.1, -0.05) is 12.1 Å². The van der Waals surface area contributed by atoms with Crippen LogP contribution in [0.5, 0.6) is 0 Å². The van der Waals surface area contributed by atoms with Gasteiger partial charge in [-0.05, 0) is 78.8 Å². The first-order chi connectivity index (χ1) is 15.4. The van der Waals surface area contributed by atoms with Gasteiger partial charge in [-0.15, -0.1) is 0 Å².